The molecule has 1 aliphatic heterocycles. The second-order valence-electron chi connectivity index (χ2n) is 7.93. The fourth-order valence-electron chi connectivity index (χ4n) is 3.59. The minimum absolute atomic E-state index is 0.00822. The number of rotatable bonds is 8. The van der Waals surface area contributed by atoms with E-state index in [1.165, 1.54) is 36.3 Å². The van der Waals surface area contributed by atoms with Gasteiger partial charge in [-0.15, -0.1) is 0 Å². The fourth-order valence-corrected chi connectivity index (χ4v) is 4.64. The number of hydrogen-bond donors (Lipinski definition) is 2. The average Bonchev–Trinajstić information content (AvgIpc) is 3.35. The molecule has 0 spiro atoms. The molecule has 1 saturated heterocycles. The summed E-state index contributed by atoms with van der Waals surface area (Å²) in [4.78, 5) is 28.4. The van der Waals surface area contributed by atoms with Crippen LogP contribution in [0.25, 0.3) is 0 Å². The standard InChI is InChI=1S/C23H25N5O6S/c1-15-16(2)25-34-22(15)26-35(31,32)18-10-8-17(9-11-18)24-21(29)14-27-12-13-28(23(27)30)19-6-4-5-7-20(19)33-3/h4-11,26H,12-14H2,1-3H3,(H,24,29). The van der Waals surface area contributed by atoms with E-state index in [2.05, 4.69) is 15.2 Å². The summed E-state index contributed by atoms with van der Waals surface area (Å²) < 4.78 is 37.9. The van der Waals surface area contributed by atoms with Crippen LogP contribution >= 0.6 is 0 Å². The molecule has 0 aliphatic carbocycles. The summed E-state index contributed by atoms with van der Waals surface area (Å²) in [5, 5.41) is 6.42. The molecule has 35 heavy (non-hydrogen) atoms. The molecule has 184 valence electrons. The van der Waals surface area contributed by atoms with Crippen molar-refractivity contribution in [3.63, 3.8) is 0 Å². The molecule has 2 aromatic carbocycles. The van der Waals surface area contributed by atoms with E-state index in [-0.39, 0.29) is 23.4 Å². The summed E-state index contributed by atoms with van der Waals surface area (Å²) in [6, 6.07) is 12.6. The maximum absolute atomic E-state index is 12.8. The SMILES string of the molecule is COc1ccccc1N1CCN(CC(=O)Nc2ccc(S(=O)(=O)Nc3onc(C)c3C)cc2)C1=O. The van der Waals surface area contributed by atoms with E-state index in [9.17, 15) is 18.0 Å². The topological polar surface area (TPSA) is 134 Å². The first-order valence-corrected chi connectivity index (χ1v) is 12.2. The van der Waals surface area contributed by atoms with Crippen molar-refractivity contribution < 1.29 is 27.3 Å². The van der Waals surface area contributed by atoms with Gasteiger partial charge in [0.15, 0.2) is 0 Å². The number of carbonyl (C=O) groups excluding carboxylic acids is 2. The second kappa shape index (κ2) is 9.66. The van der Waals surface area contributed by atoms with Crippen LogP contribution in [0.5, 0.6) is 5.75 Å². The third-order valence-corrected chi connectivity index (χ3v) is 6.98. The lowest BCUT2D eigenvalue weighted by Gasteiger charge is -2.20. The Kier molecular flexibility index (Phi) is 6.65. The summed E-state index contributed by atoms with van der Waals surface area (Å²) in [6.07, 6.45) is 0. The highest BCUT2D eigenvalue weighted by Gasteiger charge is 2.32. The number of nitrogens with zero attached hydrogens (tertiary/aromatic N) is 3. The molecule has 0 saturated carbocycles. The van der Waals surface area contributed by atoms with Crippen LogP contribution in [0.1, 0.15) is 11.3 Å². The maximum Gasteiger partial charge on any atom is 0.325 e. The Morgan fingerprint density at radius 1 is 1.11 bits per heavy atom. The zero-order valence-electron chi connectivity index (χ0n) is 19.4. The lowest BCUT2D eigenvalue weighted by atomic mass is 10.2. The van der Waals surface area contributed by atoms with Crippen molar-refractivity contribution in [3.8, 4) is 5.75 Å². The number of aryl methyl sites for hydroxylation is 1. The molecule has 1 aromatic heterocycles. The Hall–Kier alpha value is -4.06. The Balaban J connectivity index is 1.36. The number of hydrogen-bond acceptors (Lipinski definition) is 7. The molecule has 2 heterocycles. The van der Waals surface area contributed by atoms with Gasteiger partial charge in [0.25, 0.3) is 10.0 Å². The quantitative estimate of drug-likeness (QED) is 0.487. The smallest absolute Gasteiger partial charge is 0.325 e. The van der Waals surface area contributed by atoms with Crippen LogP contribution in [0.2, 0.25) is 0 Å². The molecule has 0 bridgehead atoms. The Morgan fingerprint density at radius 2 is 1.83 bits per heavy atom. The number of anilines is 3. The van der Waals surface area contributed by atoms with Crippen molar-refractivity contribution in [3.05, 3.63) is 59.8 Å². The highest BCUT2D eigenvalue weighted by Crippen LogP contribution is 2.30. The highest BCUT2D eigenvalue weighted by molar-refractivity contribution is 7.92. The number of amides is 3. The molecule has 1 fully saturated rings. The molecule has 11 nitrogen and oxygen atoms in total. The van der Waals surface area contributed by atoms with Crippen LogP contribution in [-0.4, -0.2) is 57.2 Å². The summed E-state index contributed by atoms with van der Waals surface area (Å²) in [5.41, 5.74) is 2.22. The van der Waals surface area contributed by atoms with E-state index in [1.54, 1.807) is 30.9 Å². The highest BCUT2D eigenvalue weighted by atomic mass is 32.2. The summed E-state index contributed by atoms with van der Waals surface area (Å²) in [5.74, 6) is 0.226. The Labute approximate surface area is 202 Å². The Bertz CT molecular complexity index is 1350. The summed E-state index contributed by atoms with van der Waals surface area (Å²) in [6.45, 7) is 4.07. The van der Waals surface area contributed by atoms with Crippen LogP contribution in [-0.2, 0) is 14.8 Å². The lowest BCUT2D eigenvalue weighted by Crippen LogP contribution is -2.37. The molecule has 4 rings (SSSR count). The van der Waals surface area contributed by atoms with Crippen molar-refractivity contribution in [2.24, 2.45) is 0 Å². The van der Waals surface area contributed by atoms with Gasteiger partial charge in [-0.3, -0.25) is 9.69 Å². The number of aromatic nitrogens is 1. The van der Waals surface area contributed by atoms with E-state index in [4.69, 9.17) is 9.26 Å². The molecule has 1 aliphatic rings. The molecular weight excluding hydrogens is 474 g/mol. The first-order valence-electron chi connectivity index (χ1n) is 10.7. The van der Waals surface area contributed by atoms with Crippen molar-refractivity contribution in [1.29, 1.82) is 0 Å². The minimum Gasteiger partial charge on any atom is -0.495 e. The van der Waals surface area contributed by atoms with E-state index < -0.39 is 15.9 Å². The first-order chi connectivity index (χ1) is 16.7. The van der Waals surface area contributed by atoms with Crippen molar-refractivity contribution in [2.75, 3.05) is 41.7 Å². The molecule has 0 radical (unpaired) electrons. The van der Waals surface area contributed by atoms with Gasteiger partial charge in [0.2, 0.25) is 11.8 Å². The zero-order valence-corrected chi connectivity index (χ0v) is 20.3. The lowest BCUT2D eigenvalue weighted by molar-refractivity contribution is -0.116. The fraction of sp³-hybridized carbons (Fsp3) is 0.261. The van der Waals surface area contributed by atoms with Gasteiger partial charge in [0, 0.05) is 24.3 Å². The number of sulfonamides is 1. The molecule has 3 amide bonds. The van der Waals surface area contributed by atoms with Gasteiger partial charge in [-0.2, -0.15) is 0 Å². The number of ether oxygens (including phenoxy) is 1. The normalized spacial score (nSPS) is 13.7. The van der Waals surface area contributed by atoms with E-state index in [1.807, 2.05) is 12.1 Å². The van der Waals surface area contributed by atoms with Gasteiger partial charge in [0.05, 0.1) is 23.4 Å². The molecule has 2 N–H and O–H groups in total. The van der Waals surface area contributed by atoms with Crippen molar-refractivity contribution >= 4 is 39.2 Å². The van der Waals surface area contributed by atoms with Gasteiger partial charge >= 0.3 is 6.03 Å². The van der Waals surface area contributed by atoms with Gasteiger partial charge in [-0.05, 0) is 50.2 Å². The molecule has 0 atom stereocenters. The molecular formula is C23H25N5O6S. The second-order valence-corrected chi connectivity index (χ2v) is 9.61. The van der Waals surface area contributed by atoms with E-state index >= 15 is 0 Å². The molecule has 0 unspecified atom stereocenters. The minimum atomic E-state index is -3.90. The largest absolute Gasteiger partial charge is 0.495 e. The first kappa shape index (κ1) is 24.1. The number of nitrogens with one attached hydrogen (secondary N) is 2. The summed E-state index contributed by atoms with van der Waals surface area (Å²) >= 11 is 0. The van der Waals surface area contributed by atoms with Gasteiger partial charge < -0.3 is 19.5 Å². The Morgan fingerprint density at radius 3 is 2.49 bits per heavy atom. The maximum atomic E-state index is 12.8. The van der Waals surface area contributed by atoms with E-state index in [0.29, 0.717) is 41.5 Å². The third-order valence-electron chi connectivity index (χ3n) is 5.64. The zero-order chi connectivity index (χ0) is 25.2. The van der Waals surface area contributed by atoms with Gasteiger partial charge in [0.1, 0.15) is 12.3 Å². The monoisotopic (exact) mass is 499 g/mol. The van der Waals surface area contributed by atoms with Crippen LogP contribution in [0.3, 0.4) is 0 Å². The molecule has 3 aromatic rings. The number of carbonyl (C=O) groups is 2. The average molecular weight is 500 g/mol. The number of methoxy groups -OCH3 is 1. The molecule has 12 heteroatoms. The van der Waals surface area contributed by atoms with Gasteiger partial charge in [-0.25, -0.2) is 17.9 Å². The predicted octanol–water partition coefficient (Wildman–Crippen LogP) is 2.98. The van der Waals surface area contributed by atoms with Crippen molar-refractivity contribution in [1.82, 2.24) is 10.1 Å². The number of benzene rings is 2. The van der Waals surface area contributed by atoms with Crippen LogP contribution in [0.4, 0.5) is 22.1 Å². The van der Waals surface area contributed by atoms with Crippen LogP contribution < -0.4 is 19.7 Å². The van der Waals surface area contributed by atoms with E-state index in [0.717, 1.165) is 0 Å². The van der Waals surface area contributed by atoms with Crippen LogP contribution in [0, 0.1) is 13.8 Å². The number of para-hydroxylation sites is 2. The predicted molar refractivity (Wildman–Crippen MR) is 129 cm³/mol. The summed E-state index contributed by atoms with van der Waals surface area (Å²) in [7, 11) is -2.36. The number of urea groups is 1. The van der Waals surface area contributed by atoms with Crippen molar-refractivity contribution in [2.45, 2.75) is 18.7 Å². The third kappa shape index (κ3) is 5.06. The van der Waals surface area contributed by atoms with Crippen LogP contribution in [0.15, 0.2) is 57.9 Å². The van der Waals surface area contributed by atoms with Gasteiger partial charge in [-0.1, -0.05) is 17.3 Å².